The molecule has 0 heterocycles. The first kappa shape index (κ1) is 19.5. The number of carboxylic acid groups (broad SMARTS) is 1. The molecule has 1 aromatic rings. The molecular formula is C17H24N2O5. The van der Waals surface area contributed by atoms with Gasteiger partial charge in [-0.05, 0) is 30.0 Å². The van der Waals surface area contributed by atoms with E-state index in [1.54, 1.807) is 31.4 Å². The molecule has 0 saturated heterocycles. The van der Waals surface area contributed by atoms with Crippen LogP contribution in [0.5, 0.6) is 5.75 Å². The van der Waals surface area contributed by atoms with Crippen molar-refractivity contribution >= 4 is 17.8 Å². The van der Waals surface area contributed by atoms with E-state index in [0.29, 0.717) is 12.2 Å². The topological polar surface area (TPSA) is 105 Å². The van der Waals surface area contributed by atoms with Crippen molar-refractivity contribution in [1.29, 1.82) is 0 Å². The minimum atomic E-state index is -1.08. The maximum absolute atomic E-state index is 11.8. The van der Waals surface area contributed by atoms with Crippen LogP contribution in [0.25, 0.3) is 0 Å². The van der Waals surface area contributed by atoms with Gasteiger partial charge in [-0.15, -0.1) is 0 Å². The minimum absolute atomic E-state index is 0.131. The molecule has 0 aliphatic carbocycles. The normalized spacial score (nSPS) is 11.7. The SMILES string of the molecule is COc1ccc(CC(=O)NCC(=O)N[C@@H](CC(C)C)C(=O)O)cc1. The number of hydrogen-bond donors (Lipinski definition) is 3. The van der Waals surface area contributed by atoms with Crippen molar-refractivity contribution in [2.45, 2.75) is 32.7 Å². The summed E-state index contributed by atoms with van der Waals surface area (Å²) in [4.78, 5) is 34.7. The smallest absolute Gasteiger partial charge is 0.326 e. The Kier molecular flexibility index (Phi) is 7.74. The van der Waals surface area contributed by atoms with Gasteiger partial charge in [0.2, 0.25) is 11.8 Å². The lowest BCUT2D eigenvalue weighted by Crippen LogP contribution is -2.46. The van der Waals surface area contributed by atoms with Crippen LogP contribution in [0.15, 0.2) is 24.3 Å². The Morgan fingerprint density at radius 3 is 2.25 bits per heavy atom. The van der Waals surface area contributed by atoms with E-state index in [1.165, 1.54) is 0 Å². The van der Waals surface area contributed by atoms with Crippen LogP contribution in [-0.2, 0) is 20.8 Å². The number of methoxy groups -OCH3 is 1. The van der Waals surface area contributed by atoms with Gasteiger partial charge >= 0.3 is 5.97 Å². The number of hydrogen-bond acceptors (Lipinski definition) is 4. The second-order valence-corrected chi connectivity index (χ2v) is 5.89. The third-order valence-electron chi connectivity index (χ3n) is 3.31. The average Bonchev–Trinajstić information content (AvgIpc) is 2.52. The van der Waals surface area contributed by atoms with Gasteiger partial charge in [0.1, 0.15) is 11.8 Å². The van der Waals surface area contributed by atoms with Crippen molar-refractivity contribution in [1.82, 2.24) is 10.6 Å². The largest absolute Gasteiger partial charge is 0.497 e. The molecule has 0 aliphatic rings. The lowest BCUT2D eigenvalue weighted by molar-refractivity contribution is -0.142. The molecule has 0 spiro atoms. The van der Waals surface area contributed by atoms with Gasteiger partial charge in [0.15, 0.2) is 0 Å². The Balaban J connectivity index is 2.41. The van der Waals surface area contributed by atoms with Gasteiger partial charge in [0.05, 0.1) is 20.1 Å². The molecule has 0 unspecified atom stereocenters. The van der Waals surface area contributed by atoms with Gasteiger partial charge in [0.25, 0.3) is 0 Å². The van der Waals surface area contributed by atoms with Crippen LogP contribution >= 0.6 is 0 Å². The third-order valence-corrected chi connectivity index (χ3v) is 3.31. The van der Waals surface area contributed by atoms with Crippen LogP contribution in [0.4, 0.5) is 0 Å². The van der Waals surface area contributed by atoms with Gasteiger partial charge in [-0.3, -0.25) is 9.59 Å². The van der Waals surface area contributed by atoms with Crippen LogP contribution in [0.1, 0.15) is 25.8 Å². The fourth-order valence-electron chi connectivity index (χ4n) is 2.11. The fourth-order valence-corrected chi connectivity index (χ4v) is 2.11. The van der Waals surface area contributed by atoms with Crippen molar-refractivity contribution in [3.63, 3.8) is 0 Å². The Hall–Kier alpha value is -2.57. The number of carboxylic acids is 1. The molecule has 1 aromatic carbocycles. The van der Waals surface area contributed by atoms with Crippen molar-refractivity contribution < 1.29 is 24.2 Å². The molecule has 3 N–H and O–H groups in total. The number of ether oxygens (including phenoxy) is 1. The molecule has 2 amide bonds. The summed E-state index contributed by atoms with van der Waals surface area (Å²) in [5.74, 6) is -1.08. The number of nitrogens with one attached hydrogen (secondary N) is 2. The highest BCUT2D eigenvalue weighted by Gasteiger charge is 2.21. The van der Waals surface area contributed by atoms with Crippen molar-refractivity contribution in [3.05, 3.63) is 29.8 Å². The van der Waals surface area contributed by atoms with Crippen LogP contribution in [0, 0.1) is 5.92 Å². The van der Waals surface area contributed by atoms with E-state index in [9.17, 15) is 14.4 Å². The summed E-state index contributed by atoms with van der Waals surface area (Å²) < 4.78 is 5.04. The van der Waals surface area contributed by atoms with Gasteiger partial charge in [-0.25, -0.2) is 4.79 Å². The zero-order chi connectivity index (χ0) is 18.1. The van der Waals surface area contributed by atoms with E-state index in [2.05, 4.69) is 10.6 Å². The van der Waals surface area contributed by atoms with E-state index in [-0.39, 0.29) is 24.8 Å². The number of rotatable bonds is 9. The van der Waals surface area contributed by atoms with E-state index in [0.717, 1.165) is 5.56 Å². The number of carbonyl (C=O) groups is 3. The van der Waals surface area contributed by atoms with E-state index in [1.807, 2.05) is 13.8 Å². The van der Waals surface area contributed by atoms with E-state index in [4.69, 9.17) is 9.84 Å². The van der Waals surface area contributed by atoms with Crippen molar-refractivity contribution in [3.8, 4) is 5.75 Å². The molecule has 0 radical (unpaired) electrons. The summed E-state index contributed by atoms with van der Waals surface area (Å²) in [6.07, 6.45) is 0.465. The van der Waals surface area contributed by atoms with Crippen LogP contribution in [0.3, 0.4) is 0 Å². The van der Waals surface area contributed by atoms with E-state index < -0.39 is 17.9 Å². The lowest BCUT2D eigenvalue weighted by Gasteiger charge is -2.16. The summed E-state index contributed by atoms with van der Waals surface area (Å²) >= 11 is 0. The zero-order valence-electron chi connectivity index (χ0n) is 14.2. The Labute approximate surface area is 141 Å². The molecule has 1 rings (SSSR count). The fraction of sp³-hybridized carbons (Fsp3) is 0.471. The molecule has 0 fully saturated rings. The highest BCUT2D eigenvalue weighted by molar-refractivity contribution is 5.88. The maximum atomic E-state index is 11.8. The summed E-state index contributed by atoms with van der Waals surface area (Å²) in [6, 6.07) is 6.08. The van der Waals surface area contributed by atoms with Gasteiger partial charge in [0, 0.05) is 0 Å². The van der Waals surface area contributed by atoms with Crippen molar-refractivity contribution in [2.75, 3.05) is 13.7 Å². The molecule has 0 aliphatic heterocycles. The third kappa shape index (κ3) is 7.13. The van der Waals surface area contributed by atoms with Crippen LogP contribution in [0.2, 0.25) is 0 Å². The quantitative estimate of drug-likeness (QED) is 0.623. The summed E-state index contributed by atoms with van der Waals surface area (Å²) in [6.45, 7) is 3.49. The minimum Gasteiger partial charge on any atom is -0.497 e. The number of amides is 2. The predicted octanol–water partition coefficient (Wildman–Crippen LogP) is 0.969. The molecule has 1 atom stereocenters. The first-order chi connectivity index (χ1) is 11.3. The summed E-state index contributed by atoms with van der Waals surface area (Å²) in [7, 11) is 1.56. The first-order valence-electron chi connectivity index (χ1n) is 7.73. The van der Waals surface area contributed by atoms with Crippen LogP contribution < -0.4 is 15.4 Å². The Morgan fingerprint density at radius 1 is 1.12 bits per heavy atom. The molecule has 0 bridgehead atoms. The molecule has 132 valence electrons. The zero-order valence-corrected chi connectivity index (χ0v) is 14.2. The monoisotopic (exact) mass is 336 g/mol. The van der Waals surface area contributed by atoms with Crippen LogP contribution in [-0.4, -0.2) is 42.6 Å². The average molecular weight is 336 g/mol. The second kappa shape index (κ2) is 9.54. The number of benzene rings is 1. The van der Waals surface area contributed by atoms with Crippen molar-refractivity contribution in [2.24, 2.45) is 5.92 Å². The van der Waals surface area contributed by atoms with E-state index >= 15 is 0 Å². The maximum Gasteiger partial charge on any atom is 0.326 e. The summed E-state index contributed by atoms with van der Waals surface area (Å²) in [5.41, 5.74) is 0.789. The van der Waals surface area contributed by atoms with Gasteiger partial charge < -0.3 is 20.5 Å². The standard InChI is InChI=1S/C17H24N2O5/c1-11(2)8-14(17(22)23)19-16(21)10-18-15(20)9-12-4-6-13(24-3)7-5-12/h4-7,11,14H,8-10H2,1-3H3,(H,18,20)(H,19,21)(H,22,23)/t14-/m0/s1. The van der Waals surface area contributed by atoms with Gasteiger partial charge in [-0.1, -0.05) is 26.0 Å². The molecule has 7 heteroatoms. The highest BCUT2D eigenvalue weighted by Crippen LogP contribution is 2.11. The molecule has 0 aromatic heterocycles. The predicted molar refractivity (Wildman–Crippen MR) is 88.7 cm³/mol. The molecular weight excluding hydrogens is 312 g/mol. The summed E-state index contributed by atoms with van der Waals surface area (Å²) in [5, 5.41) is 14.0. The molecule has 0 saturated carbocycles. The molecule has 24 heavy (non-hydrogen) atoms. The first-order valence-corrected chi connectivity index (χ1v) is 7.73. The highest BCUT2D eigenvalue weighted by atomic mass is 16.5. The second-order valence-electron chi connectivity index (χ2n) is 5.89. The Bertz CT molecular complexity index is 569. The number of carbonyl (C=O) groups excluding carboxylic acids is 2. The molecule has 7 nitrogen and oxygen atoms in total. The Morgan fingerprint density at radius 2 is 1.75 bits per heavy atom. The van der Waals surface area contributed by atoms with Gasteiger partial charge in [-0.2, -0.15) is 0 Å². The lowest BCUT2D eigenvalue weighted by atomic mass is 10.0. The number of aliphatic carboxylic acids is 1.